The zero-order valence-corrected chi connectivity index (χ0v) is 11.5. The quantitative estimate of drug-likeness (QED) is 0.864. The summed E-state index contributed by atoms with van der Waals surface area (Å²) < 4.78 is 16.9. The van der Waals surface area contributed by atoms with Gasteiger partial charge in [0.05, 0.1) is 5.56 Å². The maximum absolute atomic E-state index is 5.98. The van der Waals surface area contributed by atoms with Gasteiger partial charge in [0.1, 0.15) is 29.4 Å². The SMILES string of the molecule is CC1Cc2c(cc3c(c2-c2cc(N)on2)OC(C)C3)O1. The average molecular weight is 272 g/mol. The van der Waals surface area contributed by atoms with Crippen LogP contribution in [0.5, 0.6) is 11.5 Å². The van der Waals surface area contributed by atoms with E-state index in [0.29, 0.717) is 5.88 Å². The van der Waals surface area contributed by atoms with E-state index in [1.165, 1.54) is 5.56 Å². The zero-order valence-electron chi connectivity index (χ0n) is 11.5. The molecule has 0 fully saturated rings. The van der Waals surface area contributed by atoms with Gasteiger partial charge in [0, 0.05) is 30.0 Å². The standard InChI is InChI=1S/C15H16N2O3/c1-7-3-9-5-12-10(4-8(2)18-12)14(15(9)19-7)11-6-13(16)20-17-11/h5-8H,3-4,16H2,1-2H3. The molecule has 104 valence electrons. The molecule has 0 spiro atoms. The van der Waals surface area contributed by atoms with Crippen LogP contribution in [0, 0.1) is 0 Å². The predicted octanol–water partition coefficient (Wildman–Crippen LogP) is 2.57. The Balaban J connectivity index is 1.96. The molecule has 2 aliphatic rings. The average Bonchev–Trinajstić information content (AvgIpc) is 3.03. The minimum absolute atomic E-state index is 0.174. The van der Waals surface area contributed by atoms with Crippen LogP contribution in [0.2, 0.25) is 0 Å². The third-order valence-corrected chi connectivity index (χ3v) is 3.85. The molecule has 0 radical (unpaired) electrons. The first-order valence-electron chi connectivity index (χ1n) is 6.86. The molecule has 0 amide bonds. The first kappa shape index (κ1) is 11.6. The van der Waals surface area contributed by atoms with Crippen molar-refractivity contribution in [2.75, 3.05) is 5.73 Å². The molecular formula is C15H16N2O3. The second-order valence-corrected chi connectivity index (χ2v) is 5.60. The number of hydrogen-bond donors (Lipinski definition) is 1. The van der Waals surface area contributed by atoms with Gasteiger partial charge in [-0.2, -0.15) is 0 Å². The Morgan fingerprint density at radius 1 is 1.15 bits per heavy atom. The molecule has 5 heteroatoms. The van der Waals surface area contributed by atoms with E-state index in [4.69, 9.17) is 19.7 Å². The molecule has 2 unspecified atom stereocenters. The zero-order chi connectivity index (χ0) is 13.9. The molecule has 0 bridgehead atoms. The summed E-state index contributed by atoms with van der Waals surface area (Å²) >= 11 is 0. The third-order valence-electron chi connectivity index (χ3n) is 3.85. The summed E-state index contributed by atoms with van der Waals surface area (Å²) in [5.74, 6) is 2.15. The van der Waals surface area contributed by atoms with Gasteiger partial charge in [-0.15, -0.1) is 0 Å². The maximum atomic E-state index is 5.98. The van der Waals surface area contributed by atoms with Gasteiger partial charge in [0.15, 0.2) is 0 Å². The number of nitrogens with zero attached hydrogens (tertiary/aromatic N) is 1. The Hall–Kier alpha value is -2.17. The normalized spacial score (nSPS) is 23.1. The van der Waals surface area contributed by atoms with Crippen LogP contribution < -0.4 is 15.2 Å². The van der Waals surface area contributed by atoms with Gasteiger partial charge in [-0.25, -0.2) is 0 Å². The Bertz CT molecular complexity index is 656. The van der Waals surface area contributed by atoms with Gasteiger partial charge < -0.3 is 19.7 Å². The lowest BCUT2D eigenvalue weighted by Gasteiger charge is -2.11. The second kappa shape index (κ2) is 3.91. The monoisotopic (exact) mass is 272 g/mol. The van der Waals surface area contributed by atoms with Crippen LogP contribution in [0.4, 0.5) is 5.88 Å². The second-order valence-electron chi connectivity index (χ2n) is 5.60. The van der Waals surface area contributed by atoms with Gasteiger partial charge in [0.2, 0.25) is 5.88 Å². The molecule has 1 aromatic heterocycles. The largest absolute Gasteiger partial charge is 0.490 e. The molecule has 2 aromatic rings. The van der Waals surface area contributed by atoms with Crippen LogP contribution >= 0.6 is 0 Å². The fraction of sp³-hybridized carbons (Fsp3) is 0.400. The lowest BCUT2D eigenvalue weighted by atomic mass is 9.96. The number of aromatic nitrogens is 1. The molecular weight excluding hydrogens is 256 g/mol. The van der Waals surface area contributed by atoms with Crippen molar-refractivity contribution in [1.29, 1.82) is 0 Å². The minimum atomic E-state index is 0.174. The summed E-state index contributed by atoms with van der Waals surface area (Å²) in [6.07, 6.45) is 2.09. The molecule has 20 heavy (non-hydrogen) atoms. The number of ether oxygens (including phenoxy) is 2. The van der Waals surface area contributed by atoms with Crippen molar-refractivity contribution < 1.29 is 14.0 Å². The van der Waals surface area contributed by atoms with E-state index in [2.05, 4.69) is 25.1 Å². The Kier molecular flexibility index (Phi) is 2.28. The van der Waals surface area contributed by atoms with E-state index in [1.54, 1.807) is 6.07 Å². The van der Waals surface area contributed by atoms with Gasteiger partial charge in [-0.3, -0.25) is 0 Å². The number of nitrogens with two attached hydrogens (primary N) is 1. The van der Waals surface area contributed by atoms with Crippen molar-refractivity contribution in [2.24, 2.45) is 0 Å². The maximum Gasteiger partial charge on any atom is 0.222 e. The van der Waals surface area contributed by atoms with Crippen molar-refractivity contribution in [3.05, 3.63) is 23.3 Å². The summed E-state index contributed by atoms with van der Waals surface area (Å²) in [6, 6.07) is 3.84. The van der Waals surface area contributed by atoms with Gasteiger partial charge in [0.25, 0.3) is 0 Å². The van der Waals surface area contributed by atoms with E-state index < -0.39 is 0 Å². The lowest BCUT2D eigenvalue weighted by molar-refractivity contribution is 0.254. The van der Waals surface area contributed by atoms with E-state index in [0.717, 1.165) is 41.2 Å². The summed E-state index contributed by atoms with van der Waals surface area (Å²) in [6.45, 7) is 4.13. The molecule has 0 saturated carbocycles. The highest BCUT2D eigenvalue weighted by atomic mass is 16.5. The summed E-state index contributed by atoms with van der Waals surface area (Å²) in [7, 11) is 0. The van der Waals surface area contributed by atoms with Crippen LogP contribution in [-0.2, 0) is 12.8 Å². The fourth-order valence-corrected chi connectivity index (χ4v) is 3.10. The lowest BCUT2D eigenvalue weighted by Crippen LogP contribution is -2.07. The van der Waals surface area contributed by atoms with E-state index in [1.807, 2.05) is 0 Å². The molecule has 2 atom stereocenters. The number of benzene rings is 1. The van der Waals surface area contributed by atoms with Crippen molar-refractivity contribution in [3.63, 3.8) is 0 Å². The Morgan fingerprint density at radius 2 is 1.95 bits per heavy atom. The summed E-state index contributed by atoms with van der Waals surface area (Å²) in [4.78, 5) is 0. The molecule has 0 aliphatic carbocycles. The Labute approximate surface area is 116 Å². The smallest absolute Gasteiger partial charge is 0.222 e. The van der Waals surface area contributed by atoms with Crippen LogP contribution in [0.1, 0.15) is 25.0 Å². The molecule has 2 N–H and O–H groups in total. The van der Waals surface area contributed by atoms with Crippen LogP contribution in [0.15, 0.2) is 16.7 Å². The van der Waals surface area contributed by atoms with Gasteiger partial charge >= 0.3 is 0 Å². The topological polar surface area (TPSA) is 70.5 Å². The van der Waals surface area contributed by atoms with Gasteiger partial charge in [-0.1, -0.05) is 5.16 Å². The summed E-state index contributed by atoms with van der Waals surface area (Å²) in [5, 5.41) is 4.06. The van der Waals surface area contributed by atoms with Crippen molar-refractivity contribution >= 4 is 5.88 Å². The van der Waals surface area contributed by atoms with Crippen molar-refractivity contribution in [1.82, 2.24) is 5.16 Å². The first-order valence-corrected chi connectivity index (χ1v) is 6.86. The van der Waals surface area contributed by atoms with Crippen LogP contribution in [-0.4, -0.2) is 17.4 Å². The fourth-order valence-electron chi connectivity index (χ4n) is 3.10. The number of fused-ring (bicyclic) bond motifs is 2. The summed E-state index contributed by atoms with van der Waals surface area (Å²) in [5.41, 5.74) is 9.67. The highest BCUT2D eigenvalue weighted by molar-refractivity contribution is 5.78. The molecule has 4 rings (SSSR count). The third kappa shape index (κ3) is 1.59. The van der Waals surface area contributed by atoms with Crippen molar-refractivity contribution in [3.8, 4) is 22.8 Å². The first-order chi connectivity index (χ1) is 9.61. The minimum Gasteiger partial charge on any atom is -0.490 e. The van der Waals surface area contributed by atoms with Crippen LogP contribution in [0.25, 0.3) is 11.3 Å². The number of hydrogen-bond acceptors (Lipinski definition) is 5. The van der Waals surface area contributed by atoms with Gasteiger partial charge in [-0.05, 0) is 19.9 Å². The van der Waals surface area contributed by atoms with E-state index in [-0.39, 0.29) is 12.2 Å². The van der Waals surface area contributed by atoms with Crippen molar-refractivity contribution in [2.45, 2.75) is 38.9 Å². The highest BCUT2D eigenvalue weighted by Crippen LogP contribution is 2.47. The number of rotatable bonds is 1. The molecule has 5 nitrogen and oxygen atoms in total. The molecule has 1 aromatic carbocycles. The number of anilines is 1. The number of nitrogen functional groups attached to an aromatic ring is 1. The molecule has 2 aliphatic heterocycles. The molecule has 3 heterocycles. The molecule has 0 saturated heterocycles. The Morgan fingerprint density at radius 3 is 2.70 bits per heavy atom. The van der Waals surface area contributed by atoms with Crippen LogP contribution in [0.3, 0.4) is 0 Å². The van der Waals surface area contributed by atoms with E-state index >= 15 is 0 Å². The predicted molar refractivity (Wildman–Crippen MR) is 73.9 cm³/mol. The highest BCUT2D eigenvalue weighted by Gasteiger charge is 2.33. The van der Waals surface area contributed by atoms with E-state index in [9.17, 15) is 0 Å².